The molecule has 41 heteroatoms. The lowest BCUT2D eigenvalue weighted by atomic mass is 9.93. The van der Waals surface area contributed by atoms with Gasteiger partial charge in [-0.05, 0) is 180 Å². The van der Waals surface area contributed by atoms with E-state index in [1.54, 1.807) is 48.5 Å². The van der Waals surface area contributed by atoms with E-state index in [0.717, 1.165) is 0 Å². The van der Waals surface area contributed by atoms with E-state index in [9.17, 15) is 101 Å². The SMILES string of the molecule is CCC(C)(NC(=O)C(C)(C)NC(=O)C(CC(C)C)NC(=O)C1CCCN1C(=O)C(C)NC(=O)C(C)NC(=O)C(C)NC(=O)C(C)(C)NC(=O)C(C)(C)NC(=O)C(C)NC(=O)C(CCC(N)=O)NC(=O)C(C)(C)NC(=O)C(CC(C)C)NC(=O)C(C)(C)NC(=O)CNC(=O)C(C)(C)NC(C)=O)C(=O)NC(CCC(N)=O)C(=O)NC(CO)C(C)C. The Bertz CT molecular complexity index is 3710. The number of aliphatic hydroxyl groups excluding tert-OH is 1. The van der Waals surface area contributed by atoms with Crippen molar-refractivity contribution in [3.8, 4) is 0 Å². The molecule has 1 heterocycles. The second-order valence-electron chi connectivity index (χ2n) is 34.7. The van der Waals surface area contributed by atoms with Crippen LogP contribution >= 0.6 is 0 Å². The summed E-state index contributed by atoms with van der Waals surface area (Å²) in [6, 6.07) is -12.6. The fourth-order valence-corrected chi connectivity index (χ4v) is 11.6. The van der Waals surface area contributed by atoms with E-state index in [2.05, 4.69) is 90.4 Å². The van der Waals surface area contributed by atoms with Gasteiger partial charge in [-0.1, -0.05) is 48.5 Å². The van der Waals surface area contributed by atoms with Crippen LogP contribution in [-0.2, 0) is 95.9 Å². The van der Waals surface area contributed by atoms with Gasteiger partial charge in [0.25, 0.3) is 0 Å². The predicted octanol–water partition coefficient (Wildman–Crippen LogP) is -4.52. The van der Waals surface area contributed by atoms with Crippen LogP contribution in [-0.4, -0.2) is 247 Å². The minimum absolute atomic E-state index is 0.0128. The third kappa shape index (κ3) is 33.8. The molecule has 0 aromatic carbocycles. The van der Waals surface area contributed by atoms with Gasteiger partial charge >= 0.3 is 0 Å². The largest absolute Gasteiger partial charge is 0.394 e. The maximum absolute atomic E-state index is 14.1. The quantitative estimate of drug-likeness (QED) is 0.0273. The monoisotopic (exact) mass is 1680 g/mol. The Balaban J connectivity index is 3.09. The Kier molecular flexibility index (Phi) is 40.0. The first-order valence-corrected chi connectivity index (χ1v) is 39.6. The van der Waals surface area contributed by atoms with E-state index in [1.807, 2.05) is 0 Å². The molecule has 1 aliphatic heterocycles. The van der Waals surface area contributed by atoms with Gasteiger partial charge in [-0.3, -0.25) is 95.9 Å². The molecule has 41 nitrogen and oxygen atoms in total. The van der Waals surface area contributed by atoms with E-state index in [1.165, 1.54) is 130 Å². The summed E-state index contributed by atoms with van der Waals surface area (Å²) in [5.74, 6) is -16.9. The first kappa shape index (κ1) is 105. The van der Waals surface area contributed by atoms with Crippen LogP contribution in [0.2, 0.25) is 0 Å². The maximum atomic E-state index is 14.1. The van der Waals surface area contributed by atoms with Crippen molar-refractivity contribution in [1.29, 1.82) is 0 Å². The highest BCUT2D eigenvalue weighted by Gasteiger charge is 2.46. The number of carbonyl (C=O) groups excluding carboxylic acids is 20. The number of nitrogens with two attached hydrogens (primary N) is 2. The molecule has 1 rings (SSSR count). The van der Waals surface area contributed by atoms with Gasteiger partial charge in [-0.2, -0.15) is 0 Å². The summed E-state index contributed by atoms with van der Waals surface area (Å²) in [4.78, 5) is 269. The van der Waals surface area contributed by atoms with Crippen LogP contribution in [0, 0.1) is 17.8 Å². The first-order valence-electron chi connectivity index (χ1n) is 39.6. The Morgan fingerprint density at radius 1 is 0.398 bits per heavy atom. The molecule has 0 aliphatic carbocycles. The molecule has 11 unspecified atom stereocenters. The lowest BCUT2D eigenvalue weighted by Gasteiger charge is -2.35. The van der Waals surface area contributed by atoms with Gasteiger partial charge in [0.15, 0.2) is 0 Å². The molecule has 1 saturated heterocycles. The predicted molar refractivity (Wildman–Crippen MR) is 431 cm³/mol. The zero-order valence-corrected chi connectivity index (χ0v) is 73.2. The van der Waals surface area contributed by atoms with Crippen LogP contribution in [0.5, 0.6) is 0 Å². The second-order valence-corrected chi connectivity index (χ2v) is 34.7. The van der Waals surface area contributed by atoms with Crippen molar-refractivity contribution in [3.63, 3.8) is 0 Å². The number of nitrogens with zero attached hydrogens (tertiary/aromatic N) is 1. The van der Waals surface area contributed by atoms with Gasteiger partial charge in [-0.25, -0.2) is 0 Å². The highest BCUT2D eigenvalue weighted by Crippen LogP contribution is 2.22. The number of likely N-dealkylation sites (tertiary alicyclic amines) is 1. The molecule has 0 aromatic rings. The molecule has 0 bridgehead atoms. The van der Waals surface area contributed by atoms with Gasteiger partial charge in [0.2, 0.25) is 118 Å². The summed E-state index contributed by atoms with van der Waals surface area (Å²) >= 11 is 0. The number of rotatable bonds is 47. The van der Waals surface area contributed by atoms with Crippen LogP contribution in [0.25, 0.3) is 0 Å². The lowest BCUT2D eigenvalue weighted by molar-refractivity contribution is -0.142. The Morgan fingerprint density at radius 3 is 1.22 bits per heavy atom. The molecule has 0 radical (unpaired) electrons. The Morgan fingerprint density at radius 2 is 0.771 bits per heavy atom. The van der Waals surface area contributed by atoms with E-state index in [0.29, 0.717) is 6.42 Å². The van der Waals surface area contributed by atoms with Crippen molar-refractivity contribution in [2.45, 2.75) is 330 Å². The van der Waals surface area contributed by atoms with Crippen molar-refractivity contribution in [2.75, 3.05) is 19.7 Å². The lowest BCUT2D eigenvalue weighted by Crippen LogP contribution is -2.66. The number of primary amides is 2. The summed E-state index contributed by atoms with van der Waals surface area (Å²) in [5, 5.41) is 52.9. The van der Waals surface area contributed by atoms with Crippen LogP contribution in [0.3, 0.4) is 0 Å². The number of hydrogen-bond donors (Lipinski definition) is 20. The minimum Gasteiger partial charge on any atom is -0.394 e. The van der Waals surface area contributed by atoms with Crippen LogP contribution in [0.4, 0.5) is 0 Å². The van der Waals surface area contributed by atoms with Gasteiger partial charge in [-0.15, -0.1) is 0 Å². The smallest absolute Gasteiger partial charge is 0.246 e. The number of carbonyl (C=O) groups is 20. The molecular weight excluding hydrogens is 1540 g/mol. The van der Waals surface area contributed by atoms with Crippen molar-refractivity contribution in [2.24, 2.45) is 29.2 Å². The van der Waals surface area contributed by atoms with Gasteiger partial charge in [0.1, 0.15) is 93.1 Å². The zero-order valence-electron chi connectivity index (χ0n) is 73.2. The number of hydrogen-bond acceptors (Lipinski definition) is 21. The molecule has 22 N–H and O–H groups in total. The fraction of sp³-hybridized carbons (Fsp3) is 0.740. The van der Waals surface area contributed by atoms with Crippen molar-refractivity contribution in [1.82, 2.24) is 95.3 Å². The van der Waals surface area contributed by atoms with Gasteiger partial charge in [0, 0.05) is 26.3 Å². The van der Waals surface area contributed by atoms with E-state index >= 15 is 0 Å². The minimum atomic E-state index is -1.85. The van der Waals surface area contributed by atoms with Crippen LogP contribution in [0.1, 0.15) is 231 Å². The zero-order chi connectivity index (χ0) is 91.6. The van der Waals surface area contributed by atoms with Crippen molar-refractivity contribution < 1.29 is 101 Å². The van der Waals surface area contributed by atoms with Crippen molar-refractivity contribution >= 4 is 118 Å². The molecule has 20 amide bonds. The van der Waals surface area contributed by atoms with Crippen molar-refractivity contribution in [3.05, 3.63) is 0 Å². The fourth-order valence-electron chi connectivity index (χ4n) is 11.6. The topological polar surface area (TPSA) is 621 Å². The average Bonchev–Trinajstić information content (AvgIpc) is 1.13. The molecule has 0 spiro atoms. The van der Waals surface area contributed by atoms with E-state index in [4.69, 9.17) is 11.5 Å². The number of aliphatic hydroxyl groups is 1. The summed E-state index contributed by atoms with van der Waals surface area (Å²) in [7, 11) is 0. The van der Waals surface area contributed by atoms with Crippen LogP contribution in [0.15, 0.2) is 0 Å². The summed E-state index contributed by atoms with van der Waals surface area (Å²) in [5.41, 5.74) is -1.19. The molecule has 1 fully saturated rings. The maximum Gasteiger partial charge on any atom is 0.246 e. The first-order chi connectivity index (χ1) is 53.8. The van der Waals surface area contributed by atoms with Gasteiger partial charge < -0.3 is 112 Å². The molecule has 1 aliphatic rings. The normalized spacial score (nSPS) is 16.0. The van der Waals surface area contributed by atoms with Gasteiger partial charge in [0.05, 0.1) is 19.2 Å². The molecular formula is C77H134N20O21. The summed E-state index contributed by atoms with van der Waals surface area (Å²) < 4.78 is 0. The molecule has 0 aromatic heterocycles. The molecule has 118 heavy (non-hydrogen) atoms. The third-order valence-electron chi connectivity index (χ3n) is 19.5. The standard InChI is InChI=1S/C77H134N20O21/c1-26-77(25,70(118)88-47(30-32-53(79)101)59(107)86-50(37-98)40(6)7)96-69(117)76(23,24)94-60(108)48(34-38(2)3)85-62(110)51-28-27-33-97(51)63(111)44(11)83-55(103)41(8)81-56(104)42(9)84-65(113)74(19,20)95-68(116)75(21,22)92-57(105)43(10)82-58(106)46(29-31-52(78)100)87-67(115)73(17,18)93-61(109)49(35-39(4)5)89-66(114)72(15,16)91-54(102)36-80-64(112)71(13,14)90-45(12)99/h38-44,46-51,98H,26-37H2,1-25H3,(H2,78,100)(H2,79,101)(H,80,112)(H,81,104)(H,82,106)(H,83,103)(H,84,113)(H,85,110)(H,86,107)(H,87,115)(H,88,118)(H,89,114)(H,90,99)(H,91,102)(H,92,105)(H,93,109)(H,94,108)(H,95,116)(H,96,117). The summed E-state index contributed by atoms with van der Waals surface area (Å²) in [6.45, 7) is 35.0. The average molecular weight is 1680 g/mol. The van der Waals surface area contributed by atoms with Crippen LogP contribution < -0.4 is 102 Å². The van der Waals surface area contributed by atoms with E-state index < -0.39 is 243 Å². The molecule has 0 saturated carbocycles. The number of amides is 20. The third-order valence-corrected chi connectivity index (χ3v) is 19.5. The van der Waals surface area contributed by atoms with E-state index in [-0.39, 0.29) is 62.8 Å². The highest BCUT2D eigenvalue weighted by atomic mass is 16.3. The number of nitrogens with one attached hydrogen (secondary N) is 17. The summed E-state index contributed by atoms with van der Waals surface area (Å²) in [6.07, 6.45) is -0.712. The molecule has 668 valence electrons. The second kappa shape index (κ2) is 44.8. The molecule has 11 atom stereocenters. The Labute approximate surface area is 690 Å². The highest BCUT2D eigenvalue weighted by molar-refractivity contribution is 6.03. The Hall–Kier alpha value is -10.6.